The van der Waals surface area contributed by atoms with Gasteiger partial charge in [-0.15, -0.1) is 11.6 Å². The molecule has 0 radical (unpaired) electrons. The van der Waals surface area contributed by atoms with E-state index in [1.165, 1.54) is 19.3 Å². The Bertz CT molecular complexity index is 411. The third-order valence-corrected chi connectivity index (χ3v) is 3.86. The normalized spacial score (nSPS) is 18.3. The Morgan fingerprint density at radius 2 is 1.94 bits per heavy atom. The van der Waals surface area contributed by atoms with Crippen LogP contribution in [0.5, 0.6) is 0 Å². The summed E-state index contributed by atoms with van der Waals surface area (Å²) in [6.45, 7) is 1.92. The molecule has 3 heteroatoms. The average molecular weight is 266 g/mol. The van der Waals surface area contributed by atoms with Gasteiger partial charge in [0.1, 0.15) is 0 Å². The Balaban J connectivity index is 2.06. The molecule has 0 spiro atoms. The minimum atomic E-state index is -0.0899. The predicted molar refractivity (Wildman–Crippen MR) is 75.9 cm³/mol. The van der Waals surface area contributed by atoms with E-state index in [4.69, 9.17) is 11.6 Å². The van der Waals surface area contributed by atoms with Crippen molar-refractivity contribution in [1.29, 1.82) is 0 Å². The Morgan fingerprint density at radius 1 is 1.28 bits per heavy atom. The predicted octanol–water partition coefficient (Wildman–Crippen LogP) is 4.51. The standard InChI is InChI=1S/C15H20ClNO/c1-11(16)13-9-5-6-10-14(13)17-15(18)12-7-3-2-4-8-12/h5-6,9-12H,2-4,7-8H2,1H3,(H,17,18). The first-order chi connectivity index (χ1) is 8.68. The number of nitrogens with one attached hydrogen (secondary N) is 1. The van der Waals surface area contributed by atoms with Crippen molar-refractivity contribution in [3.63, 3.8) is 0 Å². The molecule has 2 nitrogen and oxygen atoms in total. The molecule has 1 fully saturated rings. The summed E-state index contributed by atoms with van der Waals surface area (Å²) < 4.78 is 0. The summed E-state index contributed by atoms with van der Waals surface area (Å²) in [6, 6.07) is 7.77. The van der Waals surface area contributed by atoms with Crippen molar-refractivity contribution >= 4 is 23.2 Å². The van der Waals surface area contributed by atoms with Crippen LogP contribution in [0.25, 0.3) is 0 Å². The first-order valence-corrected chi connectivity index (χ1v) is 7.16. The van der Waals surface area contributed by atoms with Gasteiger partial charge in [-0.2, -0.15) is 0 Å². The van der Waals surface area contributed by atoms with Gasteiger partial charge >= 0.3 is 0 Å². The van der Waals surface area contributed by atoms with E-state index >= 15 is 0 Å². The van der Waals surface area contributed by atoms with E-state index in [0.29, 0.717) is 0 Å². The van der Waals surface area contributed by atoms with Crippen LogP contribution in [-0.4, -0.2) is 5.91 Å². The number of amides is 1. The van der Waals surface area contributed by atoms with Crippen LogP contribution in [-0.2, 0) is 4.79 Å². The molecule has 0 aliphatic heterocycles. The van der Waals surface area contributed by atoms with Crippen LogP contribution in [0.3, 0.4) is 0 Å². The van der Waals surface area contributed by atoms with E-state index in [9.17, 15) is 4.79 Å². The van der Waals surface area contributed by atoms with Gasteiger partial charge in [-0.1, -0.05) is 37.5 Å². The molecule has 18 heavy (non-hydrogen) atoms. The van der Waals surface area contributed by atoms with Gasteiger partial charge in [0.15, 0.2) is 0 Å². The van der Waals surface area contributed by atoms with Gasteiger partial charge in [-0.3, -0.25) is 4.79 Å². The number of rotatable bonds is 3. The van der Waals surface area contributed by atoms with E-state index in [1.807, 2.05) is 31.2 Å². The van der Waals surface area contributed by atoms with Crippen molar-refractivity contribution in [2.45, 2.75) is 44.4 Å². The third-order valence-electron chi connectivity index (χ3n) is 3.62. The lowest BCUT2D eigenvalue weighted by Gasteiger charge is -2.22. The van der Waals surface area contributed by atoms with Gasteiger partial charge in [0.25, 0.3) is 0 Å². The molecule has 1 aromatic rings. The summed E-state index contributed by atoms with van der Waals surface area (Å²) in [5, 5.41) is 2.95. The van der Waals surface area contributed by atoms with Crippen LogP contribution in [0, 0.1) is 5.92 Å². The molecule has 1 N–H and O–H groups in total. The Labute approximate surface area is 114 Å². The summed E-state index contributed by atoms with van der Waals surface area (Å²) in [5.74, 6) is 0.330. The van der Waals surface area contributed by atoms with Crippen molar-refractivity contribution in [2.75, 3.05) is 5.32 Å². The van der Waals surface area contributed by atoms with Crippen molar-refractivity contribution in [1.82, 2.24) is 0 Å². The molecule has 1 atom stereocenters. The topological polar surface area (TPSA) is 29.1 Å². The Morgan fingerprint density at radius 3 is 2.61 bits per heavy atom. The van der Waals surface area contributed by atoms with Gasteiger partial charge in [0.05, 0.1) is 5.38 Å². The van der Waals surface area contributed by atoms with E-state index in [1.54, 1.807) is 0 Å². The second-order valence-corrected chi connectivity index (χ2v) is 5.68. The lowest BCUT2D eigenvalue weighted by molar-refractivity contribution is -0.120. The highest BCUT2D eigenvalue weighted by atomic mass is 35.5. The zero-order valence-electron chi connectivity index (χ0n) is 10.8. The number of benzene rings is 1. The monoisotopic (exact) mass is 265 g/mol. The minimum Gasteiger partial charge on any atom is -0.326 e. The van der Waals surface area contributed by atoms with E-state index in [-0.39, 0.29) is 17.2 Å². The second-order valence-electron chi connectivity index (χ2n) is 5.03. The molecule has 1 unspecified atom stereocenters. The summed E-state index contributed by atoms with van der Waals surface area (Å²) in [6.07, 6.45) is 5.64. The number of para-hydroxylation sites is 1. The number of hydrogen-bond donors (Lipinski definition) is 1. The smallest absolute Gasteiger partial charge is 0.227 e. The molecule has 2 rings (SSSR count). The summed E-state index contributed by atoms with van der Waals surface area (Å²) >= 11 is 6.13. The zero-order valence-corrected chi connectivity index (χ0v) is 11.5. The van der Waals surface area contributed by atoms with Gasteiger partial charge in [-0.25, -0.2) is 0 Å². The minimum absolute atomic E-state index is 0.0899. The summed E-state index contributed by atoms with van der Waals surface area (Å²) in [7, 11) is 0. The summed E-state index contributed by atoms with van der Waals surface area (Å²) in [4.78, 5) is 12.2. The number of carbonyl (C=O) groups is 1. The molecule has 1 amide bonds. The average Bonchev–Trinajstić information content (AvgIpc) is 2.40. The SMILES string of the molecule is CC(Cl)c1ccccc1NC(=O)C1CCCCC1. The highest BCUT2D eigenvalue weighted by molar-refractivity contribution is 6.21. The molecule has 1 saturated carbocycles. The maximum absolute atomic E-state index is 12.2. The molecule has 0 aromatic heterocycles. The molecule has 1 aliphatic rings. The first kappa shape index (κ1) is 13.4. The van der Waals surface area contributed by atoms with Gasteiger partial charge < -0.3 is 5.32 Å². The van der Waals surface area contributed by atoms with Gasteiger partial charge in [0.2, 0.25) is 5.91 Å². The molecule has 0 saturated heterocycles. The van der Waals surface area contributed by atoms with Crippen LogP contribution in [0.1, 0.15) is 50.0 Å². The number of halogens is 1. The maximum atomic E-state index is 12.2. The second kappa shape index (κ2) is 6.24. The number of anilines is 1. The molecule has 98 valence electrons. The van der Waals surface area contributed by atoms with Crippen LogP contribution in [0.4, 0.5) is 5.69 Å². The lowest BCUT2D eigenvalue weighted by atomic mass is 9.88. The Hall–Kier alpha value is -1.02. The van der Waals surface area contributed by atoms with Gasteiger partial charge in [-0.05, 0) is 31.4 Å². The molecule has 1 aliphatic carbocycles. The molecular weight excluding hydrogens is 246 g/mol. The molecule has 0 heterocycles. The van der Waals surface area contributed by atoms with E-state index in [0.717, 1.165) is 24.1 Å². The van der Waals surface area contributed by atoms with E-state index < -0.39 is 0 Å². The summed E-state index contributed by atoms with van der Waals surface area (Å²) in [5.41, 5.74) is 1.85. The van der Waals surface area contributed by atoms with Gasteiger partial charge in [0, 0.05) is 11.6 Å². The lowest BCUT2D eigenvalue weighted by Crippen LogP contribution is -2.25. The zero-order chi connectivity index (χ0) is 13.0. The van der Waals surface area contributed by atoms with Crippen molar-refractivity contribution < 1.29 is 4.79 Å². The first-order valence-electron chi connectivity index (χ1n) is 6.72. The van der Waals surface area contributed by atoms with Crippen LogP contribution in [0.2, 0.25) is 0 Å². The van der Waals surface area contributed by atoms with Crippen molar-refractivity contribution in [3.05, 3.63) is 29.8 Å². The highest BCUT2D eigenvalue weighted by Crippen LogP contribution is 2.29. The highest BCUT2D eigenvalue weighted by Gasteiger charge is 2.21. The number of carbonyl (C=O) groups excluding carboxylic acids is 1. The number of hydrogen-bond acceptors (Lipinski definition) is 1. The molecule has 0 bridgehead atoms. The number of alkyl halides is 1. The Kier molecular flexibility index (Phi) is 4.65. The fraction of sp³-hybridized carbons (Fsp3) is 0.533. The third kappa shape index (κ3) is 3.26. The van der Waals surface area contributed by atoms with Crippen molar-refractivity contribution in [3.8, 4) is 0 Å². The van der Waals surface area contributed by atoms with Crippen molar-refractivity contribution in [2.24, 2.45) is 5.92 Å². The maximum Gasteiger partial charge on any atom is 0.227 e. The van der Waals surface area contributed by atoms with Crippen LogP contribution in [0.15, 0.2) is 24.3 Å². The fourth-order valence-electron chi connectivity index (χ4n) is 2.56. The van der Waals surface area contributed by atoms with Crippen LogP contribution < -0.4 is 5.32 Å². The van der Waals surface area contributed by atoms with E-state index in [2.05, 4.69) is 5.32 Å². The quantitative estimate of drug-likeness (QED) is 0.801. The van der Waals surface area contributed by atoms with Crippen LogP contribution >= 0.6 is 11.6 Å². The molecule has 1 aromatic carbocycles. The largest absolute Gasteiger partial charge is 0.326 e. The molecular formula is C15H20ClNO. The fourth-order valence-corrected chi connectivity index (χ4v) is 2.75.